The van der Waals surface area contributed by atoms with Crippen molar-refractivity contribution < 1.29 is 0 Å². The average Bonchev–Trinajstić information content (AvgIpc) is 3.17. The molecule has 1 aromatic carbocycles. The maximum absolute atomic E-state index is 6.27. The number of nitrogens with zero attached hydrogens (tertiary/aromatic N) is 1. The van der Waals surface area contributed by atoms with E-state index < -0.39 is 0 Å². The first kappa shape index (κ1) is 13.1. The highest BCUT2D eigenvalue weighted by molar-refractivity contribution is 5.28. The summed E-state index contributed by atoms with van der Waals surface area (Å²) in [6.45, 7) is 4.83. The molecule has 0 bridgehead atoms. The Morgan fingerprint density at radius 1 is 1.11 bits per heavy atom. The molecule has 1 heterocycles. The Hall–Kier alpha value is -0.860. The lowest BCUT2D eigenvalue weighted by Crippen LogP contribution is -2.25. The van der Waals surface area contributed by atoms with Crippen LogP contribution in [0.2, 0.25) is 0 Å². The third kappa shape index (κ3) is 2.85. The first-order valence-corrected chi connectivity index (χ1v) is 7.89. The van der Waals surface area contributed by atoms with Gasteiger partial charge >= 0.3 is 0 Å². The van der Waals surface area contributed by atoms with E-state index in [1.807, 2.05) is 0 Å². The highest BCUT2D eigenvalue weighted by atomic mass is 15.2. The van der Waals surface area contributed by atoms with Gasteiger partial charge in [-0.3, -0.25) is 4.90 Å². The lowest BCUT2D eigenvalue weighted by Gasteiger charge is -2.27. The van der Waals surface area contributed by atoms with Crippen molar-refractivity contribution in [3.05, 3.63) is 35.4 Å². The lowest BCUT2D eigenvalue weighted by atomic mass is 9.97. The number of likely N-dealkylation sites (tertiary alicyclic amines) is 1. The monoisotopic (exact) mass is 258 g/mol. The first-order chi connectivity index (χ1) is 9.29. The lowest BCUT2D eigenvalue weighted by molar-refractivity contribution is 0.239. The molecule has 1 aliphatic carbocycles. The third-order valence-corrected chi connectivity index (χ3v) is 4.80. The molecule has 0 radical (unpaired) electrons. The topological polar surface area (TPSA) is 29.3 Å². The Kier molecular flexibility index (Phi) is 3.90. The van der Waals surface area contributed by atoms with Crippen LogP contribution in [0.25, 0.3) is 0 Å². The molecule has 1 aromatic rings. The van der Waals surface area contributed by atoms with E-state index in [0.717, 1.165) is 5.92 Å². The summed E-state index contributed by atoms with van der Waals surface area (Å²) in [7, 11) is 0. The van der Waals surface area contributed by atoms with Gasteiger partial charge in [-0.2, -0.15) is 0 Å². The fourth-order valence-corrected chi connectivity index (χ4v) is 3.43. The van der Waals surface area contributed by atoms with Crippen molar-refractivity contribution in [2.45, 2.75) is 51.1 Å². The van der Waals surface area contributed by atoms with Crippen molar-refractivity contribution in [2.75, 3.05) is 13.1 Å². The van der Waals surface area contributed by atoms with Crippen molar-refractivity contribution in [1.82, 2.24) is 4.90 Å². The molecule has 0 aromatic heterocycles. The molecule has 3 rings (SSSR count). The van der Waals surface area contributed by atoms with Crippen LogP contribution in [0.15, 0.2) is 24.3 Å². The number of hydrogen-bond acceptors (Lipinski definition) is 2. The minimum Gasteiger partial charge on any atom is -0.324 e. The summed E-state index contributed by atoms with van der Waals surface area (Å²) in [6, 6.07) is 10.0. The van der Waals surface area contributed by atoms with E-state index in [1.165, 1.54) is 56.3 Å². The molecule has 0 unspecified atom stereocenters. The predicted molar refractivity (Wildman–Crippen MR) is 79.9 cm³/mol. The number of hydrogen-bond donors (Lipinski definition) is 1. The molecule has 2 N–H and O–H groups in total. The van der Waals surface area contributed by atoms with Crippen LogP contribution in [-0.2, 0) is 0 Å². The molecule has 2 heteroatoms. The summed E-state index contributed by atoms with van der Waals surface area (Å²) < 4.78 is 0. The number of nitrogens with two attached hydrogens (primary N) is 1. The van der Waals surface area contributed by atoms with Crippen molar-refractivity contribution >= 4 is 0 Å². The fourth-order valence-electron chi connectivity index (χ4n) is 3.43. The molecule has 1 saturated heterocycles. The summed E-state index contributed by atoms with van der Waals surface area (Å²) in [6.07, 6.45) is 6.55. The molecular weight excluding hydrogens is 232 g/mol. The van der Waals surface area contributed by atoms with Crippen molar-refractivity contribution in [1.29, 1.82) is 0 Å². The Labute approximate surface area is 117 Å². The predicted octanol–water partition coefficient (Wildman–Crippen LogP) is 3.64. The van der Waals surface area contributed by atoms with E-state index in [2.05, 4.69) is 36.1 Å². The van der Waals surface area contributed by atoms with Gasteiger partial charge in [-0.1, -0.05) is 31.2 Å². The van der Waals surface area contributed by atoms with E-state index in [0.29, 0.717) is 6.04 Å². The summed E-state index contributed by atoms with van der Waals surface area (Å²) in [5, 5.41) is 0. The van der Waals surface area contributed by atoms with Gasteiger partial charge in [-0.25, -0.2) is 0 Å². The zero-order chi connectivity index (χ0) is 13.2. The quantitative estimate of drug-likeness (QED) is 0.873. The van der Waals surface area contributed by atoms with Crippen LogP contribution < -0.4 is 5.73 Å². The maximum Gasteiger partial charge on any atom is 0.0345 e. The molecule has 104 valence electrons. The van der Waals surface area contributed by atoms with Crippen molar-refractivity contribution in [3.8, 4) is 0 Å². The average molecular weight is 258 g/mol. The van der Waals surface area contributed by atoms with Crippen LogP contribution in [-0.4, -0.2) is 18.0 Å². The van der Waals surface area contributed by atoms with E-state index in [1.54, 1.807) is 0 Å². The smallest absolute Gasteiger partial charge is 0.0345 e. The zero-order valence-corrected chi connectivity index (χ0v) is 12.0. The van der Waals surface area contributed by atoms with Gasteiger partial charge in [0, 0.05) is 12.1 Å². The zero-order valence-electron chi connectivity index (χ0n) is 12.0. The number of benzene rings is 1. The van der Waals surface area contributed by atoms with E-state index >= 15 is 0 Å². The van der Waals surface area contributed by atoms with E-state index in [-0.39, 0.29) is 6.04 Å². The van der Waals surface area contributed by atoms with Gasteiger partial charge < -0.3 is 5.73 Å². The van der Waals surface area contributed by atoms with Crippen LogP contribution in [0, 0.1) is 5.92 Å². The second-order valence-corrected chi connectivity index (χ2v) is 6.20. The molecular formula is C17H26N2. The SMILES string of the molecule is CC[C@@H](c1ccc([C@@H](N)C2CC2)cc1)N1CCCC1. The van der Waals surface area contributed by atoms with E-state index in [9.17, 15) is 0 Å². The fraction of sp³-hybridized carbons (Fsp3) is 0.647. The van der Waals surface area contributed by atoms with Gasteiger partial charge in [0.1, 0.15) is 0 Å². The molecule has 0 amide bonds. The van der Waals surface area contributed by atoms with Crippen LogP contribution in [0.3, 0.4) is 0 Å². The van der Waals surface area contributed by atoms with Crippen LogP contribution in [0.4, 0.5) is 0 Å². The Morgan fingerprint density at radius 3 is 2.21 bits per heavy atom. The molecule has 2 nitrogen and oxygen atoms in total. The van der Waals surface area contributed by atoms with Crippen LogP contribution in [0.5, 0.6) is 0 Å². The number of rotatable bonds is 5. The van der Waals surface area contributed by atoms with Gasteiger partial charge in [0.25, 0.3) is 0 Å². The summed E-state index contributed by atoms with van der Waals surface area (Å²) in [5.41, 5.74) is 9.06. The van der Waals surface area contributed by atoms with Crippen LogP contribution >= 0.6 is 0 Å². The molecule has 2 fully saturated rings. The largest absolute Gasteiger partial charge is 0.324 e. The first-order valence-electron chi connectivity index (χ1n) is 7.89. The molecule has 1 saturated carbocycles. The second kappa shape index (κ2) is 5.64. The minimum absolute atomic E-state index is 0.265. The highest BCUT2D eigenvalue weighted by Gasteiger charge is 2.29. The highest BCUT2D eigenvalue weighted by Crippen LogP contribution is 2.39. The molecule has 1 aliphatic heterocycles. The third-order valence-electron chi connectivity index (χ3n) is 4.80. The molecule has 2 aliphatic rings. The summed E-state index contributed by atoms with van der Waals surface area (Å²) in [4.78, 5) is 2.63. The van der Waals surface area contributed by atoms with Gasteiger partial charge in [0.2, 0.25) is 0 Å². The van der Waals surface area contributed by atoms with Crippen molar-refractivity contribution in [3.63, 3.8) is 0 Å². The molecule has 2 atom stereocenters. The Bertz CT molecular complexity index is 402. The minimum atomic E-state index is 0.265. The van der Waals surface area contributed by atoms with Gasteiger partial charge in [-0.05, 0) is 62.2 Å². The van der Waals surface area contributed by atoms with E-state index in [4.69, 9.17) is 5.73 Å². The second-order valence-electron chi connectivity index (χ2n) is 6.20. The van der Waals surface area contributed by atoms with Crippen LogP contribution in [0.1, 0.15) is 62.2 Å². The molecule has 19 heavy (non-hydrogen) atoms. The van der Waals surface area contributed by atoms with Gasteiger partial charge in [0.05, 0.1) is 0 Å². The van der Waals surface area contributed by atoms with Crippen molar-refractivity contribution in [2.24, 2.45) is 11.7 Å². The maximum atomic E-state index is 6.27. The standard InChI is InChI=1S/C17H26N2/c1-2-16(19-11-3-4-12-19)13-5-7-14(8-6-13)17(18)15-9-10-15/h5-8,15-17H,2-4,9-12,18H2,1H3/t16-,17+/m0/s1. The molecule has 0 spiro atoms. The van der Waals surface area contributed by atoms with Gasteiger partial charge in [-0.15, -0.1) is 0 Å². The summed E-state index contributed by atoms with van der Waals surface area (Å²) in [5.74, 6) is 0.742. The normalized spacial score (nSPS) is 23.5. The van der Waals surface area contributed by atoms with Gasteiger partial charge in [0.15, 0.2) is 0 Å². The summed E-state index contributed by atoms with van der Waals surface area (Å²) >= 11 is 0. The Morgan fingerprint density at radius 2 is 1.68 bits per heavy atom. The Balaban J connectivity index is 1.72.